The molecule has 0 spiro atoms. The van der Waals surface area contributed by atoms with E-state index in [1.807, 2.05) is 6.92 Å². The smallest absolute Gasteiger partial charge is 0.333 e. The van der Waals surface area contributed by atoms with Crippen molar-refractivity contribution in [3.05, 3.63) is 18.2 Å². The minimum atomic E-state index is -4.29. The number of nitrogens with zero attached hydrogens (tertiary/aromatic N) is 2. The van der Waals surface area contributed by atoms with E-state index < -0.39 is 12.2 Å². The number of halogens is 3. The van der Waals surface area contributed by atoms with Gasteiger partial charge in [-0.3, -0.25) is 0 Å². The van der Waals surface area contributed by atoms with E-state index >= 15 is 0 Å². The van der Waals surface area contributed by atoms with Gasteiger partial charge in [-0.2, -0.15) is 13.2 Å². The average Bonchev–Trinajstić information content (AvgIpc) is 2.61. The third-order valence-electron chi connectivity index (χ3n) is 2.24. The van der Waals surface area contributed by atoms with Crippen LogP contribution in [0.25, 0.3) is 0 Å². The highest BCUT2D eigenvalue weighted by atomic mass is 19.4. The lowest BCUT2D eigenvalue weighted by Crippen LogP contribution is -2.35. The summed E-state index contributed by atoms with van der Waals surface area (Å²) in [4.78, 5) is 3.78. The Morgan fingerprint density at radius 1 is 1.44 bits per heavy atom. The van der Waals surface area contributed by atoms with Crippen LogP contribution in [-0.2, 0) is 6.54 Å². The van der Waals surface area contributed by atoms with Crippen LogP contribution in [0.2, 0.25) is 0 Å². The van der Waals surface area contributed by atoms with Crippen molar-refractivity contribution in [3.63, 3.8) is 0 Å². The van der Waals surface area contributed by atoms with Crippen molar-refractivity contribution in [3.8, 4) is 0 Å². The molecule has 0 aliphatic carbocycles. The Labute approximate surface area is 92.7 Å². The summed E-state index contributed by atoms with van der Waals surface area (Å²) in [5, 5.41) is 2.44. The molecule has 0 radical (unpaired) electrons. The lowest BCUT2D eigenvalue weighted by molar-refractivity contribution is -0.158. The van der Waals surface area contributed by atoms with Gasteiger partial charge < -0.3 is 9.88 Å². The maximum atomic E-state index is 12.8. The predicted molar refractivity (Wildman–Crippen MR) is 55.0 cm³/mol. The summed E-state index contributed by atoms with van der Waals surface area (Å²) < 4.78 is 39.9. The molecule has 16 heavy (non-hydrogen) atoms. The van der Waals surface area contributed by atoms with Crippen LogP contribution in [0.5, 0.6) is 0 Å². The second-order valence-electron chi connectivity index (χ2n) is 3.54. The summed E-state index contributed by atoms with van der Waals surface area (Å²) >= 11 is 0. The molecular formula is C10H16F3N3. The van der Waals surface area contributed by atoms with Crippen molar-refractivity contribution in [2.45, 2.75) is 39.0 Å². The summed E-state index contributed by atoms with van der Waals surface area (Å²) in [7, 11) is 0. The van der Waals surface area contributed by atoms with Crippen LogP contribution in [0.15, 0.2) is 12.5 Å². The first-order chi connectivity index (χ1) is 7.50. The zero-order valence-corrected chi connectivity index (χ0v) is 9.38. The van der Waals surface area contributed by atoms with Gasteiger partial charge in [0.2, 0.25) is 0 Å². The molecule has 1 rings (SSSR count). The van der Waals surface area contributed by atoms with Crippen molar-refractivity contribution >= 4 is 0 Å². The summed E-state index contributed by atoms with van der Waals surface area (Å²) in [5.41, 5.74) is 0.177. The van der Waals surface area contributed by atoms with E-state index in [0.717, 1.165) is 6.42 Å². The number of hydrogen-bond donors (Lipinski definition) is 1. The van der Waals surface area contributed by atoms with Crippen LogP contribution in [-0.4, -0.2) is 22.3 Å². The fourth-order valence-corrected chi connectivity index (χ4v) is 1.59. The van der Waals surface area contributed by atoms with E-state index in [4.69, 9.17) is 0 Å². The zero-order chi connectivity index (χ0) is 12.2. The Bertz CT molecular complexity index is 319. The molecular weight excluding hydrogens is 219 g/mol. The largest absolute Gasteiger partial charge is 0.409 e. The average molecular weight is 235 g/mol. The molecule has 3 nitrogen and oxygen atoms in total. The van der Waals surface area contributed by atoms with Crippen LogP contribution >= 0.6 is 0 Å². The summed E-state index contributed by atoms with van der Waals surface area (Å²) in [6, 6.07) is -1.63. The predicted octanol–water partition coefficient (Wildman–Crippen LogP) is 2.51. The van der Waals surface area contributed by atoms with Crippen molar-refractivity contribution in [2.75, 3.05) is 6.54 Å². The lowest BCUT2D eigenvalue weighted by atomic mass is 10.2. The first kappa shape index (κ1) is 13.0. The molecule has 1 heterocycles. The highest BCUT2D eigenvalue weighted by Crippen LogP contribution is 2.32. The molecule has 0 saturated heterocycles. The van der Waals surface area contributed by atoms with Crippen molar-refractivity contribution in [1.29, 1.82) is 0 Å². The van der Waals surface area contributed by atoms with Crippen molar-refractivity contribution in [2.24, 2.45) is 0 Å². The Morgan fingerprint density at radius 3 is 2.62 bits per heavy atom. The van der Waals surface area contributed by atoms with E-state index in [1.54, 1.807) is 11.5 Å². The number of hydrogen-bond acceptors (Lipinski definition) is 2. The topological polar surface area (TPSA) is 29.9 Å². The number of aryl methyl sites for hydroxylation is 1. The Balaban J connectivity index is 2.96. The molecule has 1 aromatic heterocycles. The van der Waals surface area contributed by atoms with Gasteiger partial charge in [0.15, 0.2) is 0 Å². The number of rotatable bonds is 5. The van der Waals surface area contributed by atoms with E-state index in [0.29, 0.717) is 6.54 Å². The molecule has 1 aromatic rings. The van der Waals surface area contributed by atoms with Crippen LogP contribution in [0.3, 0.4) is 0 Å². The summed E-state index contributed by atoms with van der Waals surface area (Å²) in [6.07, 6.45) is -0.799. The van der Waals surface area contributed by atoms with Gasteiger partial charge in [-0.1, -0.05) is 13.8 Å². The zero-order valence-electron chi connectivity index (χ0n) is 9.38. The second-order valence-corrected chi connectivity index (χ2v) is 3.54. The fourth-order valence-electron chi connectivity index (χ4n) is 1.59. The molecule has 6 heteroatoms. The molecule has 0 saturated carbocycles. The second kappa shape index (κ2) is 5.34. The van der Waals surface area contributed by atoms with Gasteiger partial charge in [-0.15, -0.1) is 0 Å². The van der Waals surface area contributed by atoms with E-state index in [-0.39, 0.29) is 12.2 Å². The fraction of sp³-hybridized carbons (Fsp3) is 0.700. The number of alkyl halides is 3. The van der Waals surface area contributed by atoms with E-state index in [1.165, 1.54) is 12.5 Å². The Kier molecular flexibility index (Phi) is 4.35. The summed E-state index contributed by atoms with van der Waals surface area (Å²) in [5.74, 6) is 0. The minimum Gasteiger partial charge on any atom is -0.333 e. The maximum Gasteiger partial charge on any atom is 0.409 e. The monoisotopic (exact) mass is 235 g/mol. The Morgan fingerprint density at radius 2 is 2.12 bits per heavy atom. The SMILES string of the molecule is CCCn1cncc1C(NCC)C(F)(F)F. The van der Waals surface area contributed by atoms with E-state index in [2.05, 4.69) is 10.3 Å². The number of imidazole rings is 1. The highest BCUT2D eigenvalue weighted by Gasteiger charge is 2.41. The van der Waals surface area contributed by atoms with Gasteiger partial charge in [-0.25, -0.2) is 4.98 Å². The first-order valence-corrected chi connectivity index (χ1v) is 5.30. The minimum absolute atomic E-state index is 0.177. The quantitative estimate of drug-likeness (QED) is 0.849. The van der Waals surface area contributed by atoms with Crippen molar-refractivity contribution < 1.29 is 13.2 Å². The molecule has 0 aromatic carbocycles. The van der Waals surface area contributed by atoms with Crippen LogP contribution in [0.4, 0.5) is 13.2 Å². The molecule has 1 unspecified atom stereocenters. The van der Waals surface area contributed by atoms with Crippen LogP contribution in [0.1, 0.15) is 32.0 Å². The normalized spacial score (nSPS) is 14.1. The first-order valence-electron chi connectivity index (χ1n) is 5.30. The van der Waals surface area contributed by atoms with Gasteiger partial charge in [-0.05, 0) is 13.0 Å². The van der Waals surface area contributed by atoms with Crippen LogP contribution < -0.4 is 5.32 Å². The molecule has 0 bridgehead atoms. The van der Waals surface area contributed by atoms with Gasteiger partial charge in [0.05, 0.1) is 18.2 Å². The number of nitrogens with one attached hydrogen (secondary N) is 1. The third-order valence-corrected chi connectivity index (χ3v) is 2.24. The van der Waals surface area contributed by atoms with Gasteiger partial charge in [0, 0.05) is 6.54 Å². The van der Waals surface area contributed by atoms with Crippen molar-refractivity contribution in [1.82, 2.24) is 14.9 Å². The molecule has 1 N–H and O–H groups in total. The van der Waals surface area contributed by atoms with Gasteiger partial charge >= 0.3 is 6.18 Å². The lowest BCUT2D eigenvalue weighted by Gasteiger charge is -2.22. The number of aromatic nitrogens is 2. The summed E-state index contributed by atoms with van der Waals surface area (Å²) in [6.45, 7) is 4.38. The van der Waals surface area contributed by atoms with Gasteiger partial charge in [0.25, 0.3) is 0 Å². The molecule has 0 aliphatic heterocycles. The maximum absolute atomic E-state index is 12.8. The third kappa shape index (κ3) is 2.98. The van der Waals surface area contributed by atoms with Crippen LogP contribution in [0, 0.1) is 0 Å². The highest BCUT2D eigenvalue weighted by molar-refractivity contribution is 5.08. The molecule has 92 valence electrons. The molecule has 0 aliphatic rings. The molecule has 0 fully saturated rings. The molecule has 1 atom stereocenters. The van der Waals surface area contributed by atoms with E-state index in [9.17, 15) is 13.2 Å². The standard InChI is InChI=1S/C10H16F3N3/c1-3-5-16-7-14-6-8(16)9(15-4-2)10(11,12)13/h6-7,9,15H,3-5H2,1-2H3. The molecule has 0 amide bonds. The van der Waals surface area contributed by atoms with Gasteiger partial charge in [0.1, 0.15) is 6.04 Å². The Hall–Kier alpha value is -1.04.